The van der Waals surface area contributed by atoms with Gasteiger partial charge in [-0.15, -0.1) is 0 Å². The topological polar surface area (TPSA) is 100 Å². The van der Waals surface area contributed by atoms with Gasteiger partial charge in [0.05, 0.1) is 10.7 Å². The van der Waals surface area contributed by atoms with E-state index in [1.54, 1.807) is 12.1 Å². The van der Waals surface area contributed by atoms with Crippen LogP contribution in [0.5, 0.6) is 0 Å². The Balaban J connectivity index is 3.00. The van der Waals surface area contributed by atoms with Crippen molar-refractivity contribution in [3.8, 4) is 12.1 Å². The average Bonchev–Trinajstić information content (AvgIpc) is 2.32. The summed E-state index contributed by atoms with van der Waals surface area (Å²) >= 11 is 5.85. The highest BCUT2D eigenvalue weighted by molar-refractivity contribution is 6.58. The first kappa shape index (κ1) is 13.1. The highest BCUT2D eigenvalue weighted by atomic mass is 35.5. The van der Waals surface area contributed by atoms with Crippen LogP contribution in [0.2, 0.25) is 5.02 Å². The number of benzene rings is 1. The van der Waals surface area contributed by atoms with E-state index in [-0.39, 0.29) is 11.0 Å². The van der Waals surface area contributed by atoms with Gasteiger partial charge in [0.1, 0.15) is 17.7 Å². The van der Waals surface area contributed by atoms with Gasteiger partial charge in [0.15, 0.2) is 0 Å². The van der Waals surface area contributed by atoms with E-state index in [4.69, 9.17) is 32.2 Å². The van der Waals surface area contributed by atoms with E-state index in [0.29, 0.717) is 10.7 Å². The van der Waals surface area contributed by atoms with Crippen LogP contribution in [0.1, 0.15) is 0 Å². The Morgan fingerprint density at radius 2 is 2.00 bits per heavy atom. The van der Waals surface area contributed by atoms with Crippen molar-refractivity contribution in [2.24, 2.45) is 0 Å². The van der Waals surface area contributed by atoms with Crippen molar-refractivity contribution in [3.05, 3.63) is 35.0 Å². The number of allylic oxidation sites excluding steroid dienone is 1. The van der Waals surface area contributed by atoms with Crippen LogP contribution in [0.15, 0.2) is 30.0 Å². The zero-order chi connectivity index (χ0) is 12.8. The largest absolute Gasteiger partial charge is 0.488 e. The van der Waals surface area contributed by atoms with Crippen LogP contribution in [0.4, 0.5) is 5.69 Å². The molecule has 0 fully saturated rings. The van der Waals surface area contributed by atoms with Gasteiger partial charge in [-0.1, -0.05) is 17.7 Å². The molecule has 0 spiro atoms. The first-order chi connectivity index (χ1) is 8.08. The molecule has 0 saturated heterocycles. The predicted molar refractivity (Wildman–Crippen MR) is 64.2 cm³/mol. The zero-order valence-corrected chi connectivity index (χ0v) is 9.31. The number of hydrogen-bond acceptors (Lipinski definition) is 5. The number of nitrogens with zero attached hydrogens (tertiary/aromatic N) is 2. The molecule has 3 N–H and O–H groups in total. The van der Waals surface area contributed by atoms with Crippen molar-refractivity contribution in [1.29, 1.82) is 10.5 Å². The van der Waals surface area contributed by atoms with Gasteiger partial charge in [0.2, 0.25) is 0 Å². The number of nitriles is 2. The van der Waals surface area contributed by atoms with Gasteiger partial charge in [-0.2, -0.15) is 10.5 Å². The summed E-state index contributed by atoms with van der Waals surface area (Å²) in [7, 11) is -1.61. The minimum atomic E-state index is -1.61. The van der Waals surface area contributed by atoms with Crippen molar-refractivity contribution in [3.63, 3.8) is 0 Å². The number of anilines is 1. The van der Waals surface area contributed by atoms with Gasteiger partial charge in [0.25, 0.3) is 0 Å². The molecule has 0 amide bonds. The molecule has 0 unspecified atom stereocenters. The van der Waals surface area contributed by atoms with E-state index in [2.05, 4.69) is 5.32 Å². The number of hydrogen-bond donors (Lipinski definition) is 3. The lowest BCUT2D eigenvalue weighted by atomic mass is 9.80. The Bertz CT molecular complexity index is 515. The molecule has 0 saturated carbocycles. The third-order valence-corrected chi connectivity index (χ3v) is 2.23. The molecule has 0 bridgehead atoms. The van der Waals surface area contributed by atoms with E-state index in [0.717, 1.165) is 0 Å². The second kappa shape index (κ2) is 5.93. The van der Waals surface area contributed by atoms with Gasteiger partial charge in [-0.3, -0.25) is 0 Å². The van der Waals surface area contributed by atoms with Crippen LogP contribution in [0, 0.1) is 22.7 Å². The number of nitrogens with one attached hydrogen (secondary N) is 1. The van der Waals surface area contributed by atoms with Crippen LogP contribution < -0.4 is 10.8 Å². The standard InChI is InChI=1S/C10H7BClN3O2/c12-9-2-1-8(11(16)17)3-10(9)15-6-7(4-13)5-14/h1-3,6,15-17H. The third kappa shape index (κ3) is 3.51. The van der Waals surface area contributed by atoms with Crippen molar-refractivity contribution >= 4 is 29.9 Å². The lowest BCUT2D eigenvalue weighted by molar-refractivity contribution is 0.426. The minimum absolute atomic E-state index is 0.115. The predicted octanol–water partition coefficient (Wildman–Crippen LogP) is 0.363. The number of rotatable bonds is 3. The molecule has 7 heteroatoms. The van der Waals surface area contributed by atoms with Gasteiger partial charge in [-0.05, 0) is 17.6 Å². The fourth-order valence-electron chi connectivity index (χ4n) is 1.05. The summed E-state index contributed by atoms with van der Waals surface area (Å²) in [5.74, 6) is 0. The fraction of sp³-hybridized carbons (Fsp3) is 0. The smallest absolute Gasteiger partial charge is 0.423 e. The SMILES string of the molecule is N#CC(C#N)=CNc1cc(B(O)O)ccc1Cl. The first-order valence-electron chi connectivity index (χ1n) is 4.51. The molecule has 0 radical (unpaired) electrons. The Morgan fingerprint density at radius 1 is 1.35 bits per heavy atom. The molecule has 17 heavy (non-hydrogen) atoms. The molecule has 0 atom stereocenters. The maximum Gasteiger partial charge on any atom is 0.488 e. The first-order valence-corrected chi connectivity index (χ1v) is 4.88. The fourth-order valence-corrected chi connectivity index (χ4v) is 1.23. The van der Waals surface area contributed by atoms with Crippen LogP contribution in [0.25, 0.3) is 0 Å². The Labute approximate surface area is 103 Å². The van der Waals surface area contributed by atoms with Gasteiger partial charge >= 0.3 is 7.12 Å². The number of halogens is 1. The molecular formula is C10H7BClN3O2. The van der Waals surface area contributed by atoms with Gasteiger partial charge in [-0.25, -0.2) is 0 Å². The molecule has 0 aliphatic rings. The molecule has 0 aliphatic heterocycles. The molecule has 1 rings (SSSR count). The van der Waals surface area contributed by atoms with E-state index in [9.17, 15) is 0 Å². The Morgan fingerprint density at radius 3 is 2.53 bits per heavy atom. The molecular weight excluding hydrogens is 240 g/mol. The van der Waals surface area contributed by atoms with E-state index < -0.39 is 7.12 Å². The quantitative estimate of drug-likeness (QED) is 0.529. The molecule has 1 aromatic rings. The minimum Gasteiger partial charge on any atom is -0.423 e. The van der Waals surface area contributed by atoms with E-state index >= 15 is 0 Å². The van der Waals surface area contributed by atoms with Crippen molar-refractivity contribution in [2.45, 2.75) is 0 Å². The average molecular weight is 247 g/mol. The monoisotopic (exact) mass is 247 g/mol. The maximum atomic E-state index is 8.97. The highest BCUT2D eigenvalue weighted by Gasteiger charge is 2.12. The zero-order valence-electron chi connectivity index (χ0n) is 8.55. The molecule has 0 heterocycles. The van der Waals surface area contributed by atoms with Gasteiger partial charge in [0, 0.05) is 6.20 Å². The van der Waals surface area contributed by atoms with Crippen molar-refractivity contribution in [1.82, 2.24) is 0 Å². The maximum absolute atomic E-state index is 8.97. The summed E-state index contributed by atoms with van der Waals surface area (Å²) in [4.78, 5) is 0. The summed E-state index contributed by atoms with van der Waals surface area (Å²) in [6.45, 7) is 0. The van der Waals surface area contributed by atoms with Crippen LogP contribution in [0.3, 0.4) is 0 Å². The van der Waals surface area contributed by atoms with E-state index in [1.807, 2.05) is 0 Å². The van der Waals surface area contributed by atoms with Crippen LogP contribution in [-0.4, -0.2) is 17.2 Å². The summed E-state index contributed by atoms with van der Waals surface area (Å²) in [6, 6.07) is 7.69. The second-order valence-electron chi connectivity index (χ2n) is 3.04. The van der Waals surface area contributed by atoms with E-state index in [1.165, 1.54) is 24.4 Å². The molecule has 84 valence electrons. The Hall–Kier alpha value is -1.99. The lowest BCUT2D eigenvalue weighted by Gasteiger charge is -2.06. The molecule has 5 nitrogen and oxygen atoms in total. The second-order valence-corrected chi connectivity index (χ2v) is 3.45. The summed E-state index contributed by atoms with van der Waals surface area (Å²) < 4.78 is 0. The van der Waals surface area contributed by atoms with Crippen molar-refractivity contribution < 1.29 is 10.0 Å². The normalized spacial score (nSPS) is 8.76. The summed E-state index contributed by atoms with van der Waals surface area (Å²) in [5.41, 5.74) is 0.511. The van der Waals surface area contributed by atoms with Crippen molar-refractivity contribution in [2.75, 3.05) is 5.32 Å². The lowest BCUT2D eigenvalue weighted by Crippen LogP contribution is -2.29. The highest BCUT2D eigenvalue weighted by Crippen LogP contribution is 2.19. The molecule has 1 aromatic carbocycles. The van der Waals surface area contributed by atoms with Crippen LogP contribution in [-0.2, 0) is 0 Å². The van der Waals surface area contributed by atoms with Crippen LogP contribution >= 0.6 is 11.6 Å². The Kier molecular flexibility index (Phi) is 4.56. The summed E-state index contributed by atoms with van der Waals surface area (Å²) in [5, 5.41) is 38.0. The summed E-state index contributed by atoms with van der Waals surface area (Å²) in [6.07, 6.45) is 1.19. The third-order valence-electron chi connectivity index (χ3n) is 1.90. The van der Waals surface area contributed by atoms with Gasteiger partial charge < -0.3 is 15.4 Å². The molecule has 0 aromatic heterocycles. The molecule has 0 aliphatic carbocycles.